The van der Waals surface area contributed by atoms with Crippen LogP contribution in [-0.2, 0) is 0 Å². The molecule has 2 aromatic heterocycles. The molecular formula is C24H35N7O. The van der Waals surface area contributed by atoms with E-state index >= 15 is 0 Å². The van der Waals surface area contributed by atoms with E-state index in [9.17, 15) is 4.79 Å². The molecule has 3 aliphatic heterocycles. The number of H-pyrrole nitrogens is 1. The van der Waals surface area contributed by atoms with E-state index in [2.05, 4.69) is 48.7 Å². The molecule has 0 atom stereocenters. The number of rotatable bonds is 6. The molecule has 0 unspecified atom stereocenters. The van der Waals surface area contributed by atoms with Crippen molar-refractivity contribution in [3.05, 3.63) is 35.9 Å². The third kappa shape index (κ3) is 4.27. The lowest BCUT2D eigenvalue weighted by Gasteiger charge is -2.43. The van der Waals surface area contributed by atoms with Crippen LogP contribution in [0.15, 0.2) is 30.4 Å². The number of piperidine rings is 2. The standard InChI is InChI=1S/C24H35N7O/c1-2-3-21-29-24(32)20-16-28-23-19(6-11-27-23)22(20)31(21)18-7-13-30(14-8-18)15-12-26-17-4-9-25-10-5-17/h3,6,11,16-18,25-26H,2,4-5,7-10,12-15H2,1H3,(H,27,28)(H,29,32)/b21-3+. The fraction of sp³-hybridized carbons (Fsp3) is 0.583. The number of amides is 1. The van der Waals surface area contributed by atoms with Crippen molar-refractivity contribution in [1.82, 2.24) is 30.8 Å². The summed E-state index contributed by atoms with van der Waals surface area (Å²) in [4.78, 5) is 25.4. The summed E-state index contributed by atoms with van der Waals surface area (Å²) in [6, 6.07) is 3.07. The average molecular weight is 438 g/mol. The zero-order valence-corrected chi connectivity index (χ0v) is 19.0. The van der Waals surface area contributed by atoms with Crippen LogP contribution in [-0.4, -0.2) is 72.1 Å². The number of aromatic nitrogens is 2. The molecule has 0 aliphatic carbocycles. The maximum absolute atomic E-state index is 12.8. The molecule has 32 heavy (non-hydrogen) atoms. The number of carbonyl (C=O) groups excluding carboxylic acids is 1. The van der Waals surface area contributed by atoms with Gasteiger partial charge in [-0.3, -0.25) is 4.79 Å². The first-order chi connectivity index (χ1) is 15.7. The maximum Gasteiger partial charge on any atom is 0.260 e. The predicted octanol–water partition coefficient (Wildman–Crippen LogP) is 2.17. The van der Waals surface area contributed by atoms with Crippen LogP contribution >= 0.6 is 0 Å². The van der Waals surface area contributed by atoms with E-state index in [1.54, 1.807) is 6.20 Å². The lowest BCUT2D eigenvalue weighted by atomic mass is 9.98. The molecular weight excluding hydrogens is 402 g/mol. The summed E-state index contributed by atoms with van der Waals surface area (Å²) in [6.45, 7) is 8.71. The van der Waals surface area contributed by atoms with Crippen molar-refractivity contribution in [2.75, 3.05) is 44.2 Å². The van der Waals surface area contributed by atoms with E-state index < -0.39 is 0 Å². The largest absolute Gasteiger partial charge is 0.346 e. The first kappa shape index (κ1) is 21.4. The van der Waals surface area contributed by atoms with E-state index in [0.29, 0.717) is 17.6 Å². The highest BCUT2D eigenvalue weighted by atomic mass is 16.2. The van der Waals surface area contributed by atoms with E-state index in [1.807, 2.05) is 12.3 Å². The van der Waals surface area contributed by atoms with Gasteiger partial charge in [-0.25, -0.2) is 4.98 Å². The van der Waals surface area contributed by atoms with Crippen molar-refractivity contribution in [3.8, 4) is 0 Å². The number of anilines is 1. The Morgan fingerprint density at radius 3 is 2.81 bits per heavy atom. The van der Waals surface area contributed by atoms with Crippen LogP contribution in [0.3, 0.4) is 0 Å². The van der Waals surface area contributed by atoms with E-state index in [4.69, 9.17) is 0 Å². The topological polar surface area (TPSA) is 88.3 Å². The normalized spacial score (nSPS) is 22.5. The summed E-state index contributed by atoms with van der Waals surface area (Å²) >= 11 is 0. The van der Waals surface area contributed by atoms with Gasteiger partial charge in [-0.2, -0.15) is 0 Å². The Morgan fingerprint density at radius 1 is 1.22 bits per heavy atom. The van der Waals surface area contributed by atoms with Crippen LogP contribution in [0.1, 0.15) is 49.4 Å². The second kappa shape index (κ2) is 9.60. The van der Waals surface area contributed by atoms with Crippen LogP contribution in [0.25, 0.3) is 11.0 Å². The smallest absolute Gasteiger partial charge is 0.260 e. The van der Waals surface area contributed by atoms with Crippen LogP contribution < -0.4 is 20.9 Å². The van der Waals surface area contributed by atoms with Gasteiger partial charge in [-0.15, -0.1) is 0 Å². The molecule has 2 aromatic rings. The third-order valence-corrected chi connectivity index (χ3v) is 7.06. The second-order valence-corrected chi connectivity index (χ2v) is 9.13. The Balaban J connectivity index is 1.29. The molecule has 0 radical (unpaired) electrons. The van der Waals surface area contributed by atoms with Gasteiger partial charge in [0.15, 0.2) is 0 Å². The third-order valence-electron chi connectivity index (χ3n) is 7.06. The Kier molecular flexibility index (Phi) is 6.43. The summed E-state index contributed by atoms with van der Waals surface area (Å²) in [7, 11) is 0. The molecule has 8 heteroatoms. The molecule has 0 bridgehead atoms. The minimum absolute atomic E-state index is 0.0621. The van der Waals surface area contributed by atoms with E-state index in [1.165, 1.54) is 12.8 Å². The molecule has 0 spiro atoms. The number of hydrogen-bond donors (Lipinski definition) is 4. The van der Waals surface area contributed by atoms with Gasteiger partial charge in [0.05, 0.1) is 11.3 Å². The van der Waals surface area contributed by atoms with Crippen molar-refractivity contribution >= 4 is 22.6 Å². The summed E-state index contributed by atoms with van der Waals surface area (Å²) in [5, 5.41) is 11.3. The van der Waals surface area contributed by atoms with E-state index in [0.717, 1.165) is 81.1 Å². The average Bonchev–Trinajstić information content (AvgIpc) is 3.30. The Hall–Kier alpha value is -2.42. The number of pyridine rings is 1. The predicted molar refractivity (Wildman–Crippen MR) is 128 cm³/mol. The van der Waals surface area contributed by atoms with Gasteiger partial charge in [0.1, 0.15) is 11.5 Å². The maximum atomic E-state index is 12.8. The lowest BCUT2D eigenvalue weighted by Crippen LogP contribution is -2.51. The number of hydrogen-bond acceptors (Lipinski definition) is 6. The van der Waals surface area contributed by atoms with Crippen LogP contribution in [0.4, 0.5) is 5.69 Å². The number of likely N-dealkylation sites (tertiary alicyclic amines) is 1. The first-order valence-electron chi connectivity index (χ1n) is 12.2. The molecule has 0 saturated carbocycles. The van der Waals surface area contributed by atoms with Crippen molar-refractivity contribution in [1.29, 1.82) is 0 Å². The molecule has 1 amide bonds. The fourth-order valence-electron chi connectivity index (χ4n) is 5.36. The monoisotopic (exact) mass is 437 g/mol. The van der Waals surface area contributed by atoms with Crippen molar-refractivity contribution in [3.63, 3.8) is 0 Å². The number of nitrogens with zero attached hydrogens (tertiary/aromatic N) is 3. The van der Waals surface area contributed by atoms with Gasteiger partial charge in [-0.05, 0) is 57.3 Å². The number of carbonyl (C=O) groups is 1. The van der Waals surface area contributed by atoms with Gasteiger partial charge in [0.2, 0.25) is 0 Å². The van der Waals surface area contributed by atoms with Crippen LogP contribution in [0.2, 0.25) is 0 Å². The number of fused-ring (bicyclic) bond motifs is 3. The van der Waals surface area contributed by atoms with Gasteiger partial charge in [-0.1, -0.05) is 6.92 Å². The van der Waals surface area contributed by atoms with Crippen LogP contribution in [0, 0.1) is 0 Å². The van der Waals surface area contributed by atoms with Gasteiger partial charge in [0, 0.05) is 56.0 Å². The summed E-state index contributed by atoms with van der Waals surface area (Å²) < 4.78 is 0. The Bertz CT molecular complexity index is 970. The molecule has 2 fully saturated rings. The molecule has 0 aromatic carbocycles. The quantitative estimate of drug-likeness (QED) is 0.554. The zero-order chi connectivity index (χ0) is 21.9. The lowest BCUT2D eigenvalue weighted by molar-refractivity contribution is 0.0958. The molecule has 3 aliphatic rings. The minimum Gasteiger partial charge on any atom is -0.346 e. The zero-order valence-electron chi connectivity index (χ0n) is 19.0. The summed E-state index contributed by atoms with van der Waals surface area (Å²) in [5.74, 6) is 0.859. The summed E-state index contributed by atoms with van der Waals surface area (Å²) in [6.07, 6.45) is 11.3. The second-order valence-electron chi connectivity index (χ2n) is 9.13. The minimum atomic E-state index is -0.0621. The molecule has 5 rings (SSSR count). The SMILES string of the molecule is CC/C=C1\NC(=O)c2cnc3[nH]ccc3c2N1C1CCN(CCNC2CCNCC2)CC1. The van der Waals surface area contributed by atoms with Crippen molar-refractivity contribution in [2.45, 2.75) is 51.1 Å². The van der Waals surface area contributed by atoms with Crippen molar-refractivity contribution in [2.24, 2.45) is 0 Å². The molecule has 2 saturated heterocycles. The number of nitrogens with one attached hydrogen (secondary N) is 4. The molecule has 4 N–H and O–H groups in total. The molecule has 172 valence electrons. The van der Waals surface area contributed by atoms with Gasteiger partial charge >= 0.3 is 0 Å². The van der Waals surface area contributed by atoms with E-state index in [-0.39, 0.29) is 5.91 Å². The molecule has 8 nitrogen and oxygen atoms in total. The fourth-order valence-corrected chi connectivity index (χ4v) is 5.36. The van der Waals surface area contributed by atoms with Crippen molar-refractivity contribution < 1.29 is 4.79 Å². The Labute approximate surface area is 189 Å². The highest BCUT2D eigenvalue weighted by Crippen LogP contribution is 2.37. The van der Waals surface area contributed by atoms with Gasteiger partial charge in [0.25, 0.3) is 5.91 Å². The molecule has 5 heterocycles. The summed E-state index contributed by atoms with van der Waals surface area (Å²) in [5.41, 5.74) is 2.51. The number of aromatic amines is 1. The number of allylic oxidation sites excluding steroid dienone is 1. The highest BCUT2D eigenvalue weighted by Gasteiger charge is 2.35. The first-order valence-corrected chi connectivity index (χ1v) is 12.2. The van der Waals surface area contributed by atoms with Gasteiger partial charge < -0.3 is 30.7 Å². The highest BCUT2D eigenvalue weighted by molar-refractivity contribution is 6.10. The Morgan fingerprint density at radius 2 is 2.03 bits per heavy atom. The van der Waals surface area contributed by atoms with Crippen LogP contribution in [0.5, 0.6) is 0 Å².